The number of carbonyl (C=O) groups excluding carboxylic acids is 1. The number of hydrogen-bond donors (Lipinski definition) is 2. The summed E-state index contributed by atoms with van der Waals surface area (Å²) < 4.78 is 4.75. The van der Waals surface area contributed by atoms with E-state index in [9.17, 15) is 4.79 Å². The van der Waals surface area contributed by atoms with Gasteiger partial charge in [-0.15, -0.1) is 0 Å². The molecular formula is C14H12N2O3. The molecule has 0 saturated heterocycles. The summed E-state index contributed by atoms with van der Waals surface area (Å²) in [5.41, 5.74) is 1.47. The van der Waals surface area contributed by atoms with Gasteiger partial charge in [-0.3, -0.25) is 4.79 Å². The molecule has 0 aliphatic heterocycles. The second kappa shape index (κ2) is 6.38. The minimum absolute atomic E-state index is 0.0539. The normalized spacial score (nSPS) is 9.53. The van der Waals surface area contributed by atoms with Gasteiger partial charge in [-0.1, -0.05) is 17.0 Å². The summed E-state index contributed by atoms with van der Waals surface area (Å²) >= 11 is 0. The Morgan fingerprint density at radius 1 is 1.32 bits per heavy atom. The number of aromatic nitrogens is 1. The zero-order chi connectivity index (χ0) is 13.5. The van der Waals surface area contributed by atoms with Crippen LogP contribution in [0.15, 0.2) is 41.1 Å². The van der Waals surface area contributed by atoms with Gasteiger partial charge in [0.15, 0.2) is 0 Å². The van der Waals surface area contributed by atoms with Gasteiger partial charge in [0.25, 0.3) is 5.91 Å². The van der Waals surface area contributed by atoms with E-state index in [-0.39, 0.29) is 18.3 Å². The van der Waals surface area contributed by atoms with Crippen LogP contribution in [0.1, 0.15) is 22.5 Å². The van der Waals surface area contributed by atoms with Crippen molar-refractivity contribution in [1.29, 1.82) is 0 Å². The Bertz CT molecular complexity index is 592. The molecule has 96 valence electrons. The highest BCUT2D eigenvalue weighted by Crippen LogP contribution is 2.10. The Labute approximate surface area is 110 Å². The van der Waals surface area contributed by atoms with Crippen molar-refractivity contribution in [3.8, 4) is 11.8 Å². The van der Waals surface area contributed by atoms with Gasteiger partial charge in [0.05, 0.1) is 12.8 Å². The molecule has 0 bridgehead atoms. The minimum Gasteiger partial charge on any atom is -0.395 e. The number of anilines is 1. The van der Waals surface area contributed by atoms with Crippen molar-refractivity contribution in [2.24, 2.45) is 0 Å². The highest BCUT2D eigenvalue weighted by molar-refractivity contribution is 6.02. The number of amides is 1. The first-order chi connectivity index (χ1) is 9.29. The fourth-order valence-electron chi connectivity index (χ4n) is 1.38. The molecule has 1 aromatic carbocycles. The molecule has 0 aliphatic rings. The molecule has 5 nitrogen and oxygen atoms in total. The average Bonchev–Trinajstić information content (AvgIpc) is 2.95. The van der Waals surface area contributed by atoms with E-state index in [0.717, 1.165) is 5.56 Å². The zero-order valence-corrected chi connectivity index (χ0v) is 10.1. The number of rotatable bonds is 3. The molecule has 2 rings (SSSR count). The summed E-state index contributed by atoms with van der Waals surface area (Å²) in [6, 6.07) is 8.57. The molecule has 1 heterocycles. The average molecular weight is 256 g/mol. The van der Waals surface area contributed by atoms with Crippen molar-refractivity contribution in [3.63, 3.8) is 0 Å². The second-order valence-electron chi connectivity index (χ2n) is 3.68. The molecule has 0 unspecified atom stereocenters. The largest absolute Gasteiger partial charge is 0.395 e. The molecular weight excluding hydrogens is 244 g/mol. The number of carbonyl (C=O) groups is 1. The van der Waals surface area contributed by atoms with E-state index in [1.807, 2.05) is 0 Å². The van der Waals surface area contributed by atoms with Crippen LogP contribution in [0.4, 0.5) is 5.69 Å². The van der Waals surface area contributed by atoms with Gasteiger partial charge in [-0.25, -0.2) is 0 Å². The molecule has 1 amide bonds. The lowest BCUT2D eigenvalue weighted by atomic mass is 10.2. The van der Waals surface area contributed by atoms with Crippen LogP contribution in [0.25, 0.3) is 0 Å². The Morgan fingerprint density at radius 3 is 2.74 bits per heavy atom. The molecule has 0 fully saturated rings. The summed E-state index contributed by atoms with van der Waals surface area (Å²) in [4.78, 5) is 11.7. The predicted octanol–water partition coefficient (Wildman–Crippen LogP) is 1.66. The van der Waals surface area contributed by atoms with Crippen LogP contribution < -0.4 is 5.32 Å². The van der Waals surface area contributed by atoms with Gasteiger partial charge < -0.3 is 14.9 Å². The van der Waals surface area contributed by atoms with Gasteiger partial charge in [-0.2, -0.15) is 0 Å². The first-order valence-corrected chi connectivity index (χ1v) is 5.71. The lowest BCUT2D eigenvalue weighted by molar-refractivity contribution is 0.0988. The fourth-order valence-corrected chi connectivity index (χ4v) is 1.38. The molecule has 19 heavy (non-hydrogen) atoms. The van der Waals surface area contributed by atoms with Crippen molar-refractivity contribution in [2.75, 3.05) is 11.9 Å². The Morgan fingerprint density at radius 2 is 2.11 bits per heavy atom. The van der Waals surface area contributed by atoms with Crippen molar-refractivity contribution in [3.05, 3.63) is 47.9 Å². The summed E-state index contributed by atoms with van der Waals surface area (Å²) in [6.07, 6.45) is 1.86. The first-order valence-electron chi connectivity index (χ1n) is 5.71. The highest BCUT2D eigenvalue weighted by atomic mass is 16.5. The minimum atomic E-state index is -0.350. The maximum atomic E-state index is 11.7. The van der Waals surface area contributed by atoms with Crippen molar-refractivity contribution in [2.45, 2.75) is 6.42 Å². The van der Waals surface area contributed by atoms with E-state index in [4.69, 9.17) is 9.63 Å². The van der Waals surface area contributed by atoms with E-state index in [0.29, 0.717) is 12.1 Å². The van der Waals surface area contributed by atoms with E-state index >= 15 is 0 Å². The third-order valence-electron chi connectivity index (χ3n) is 2.27. The Hall–Kier alpha value is -2.58. The van der Waals surface area contributed by atoms with Crippen LogP contribution in [0.3, 0.4) is 0 Å². The van der Waals surface area contributed by atoms with E-state index in [2.05, 4.69) is 22.3 Å². The number of aliphatic hydroxyl groups excluding tert-OH is 1. The third kappa shape index (κ3) is 3.69. The molecule has 2 aromatic rings. The van der Waals surface area contributed by atoms with Crippen LogP contribution >= 0.6 is 0 Å². The van der Waals surface area contributed by atoms with Gasteiger partial charge in [-0.05, 0) is 24.3 Å². The SMILES string of the molecule is O=C(Nc1ccc(C#CCCO)cc1)c1ccno1. The maximum Gasteiger partial charge on any atom is 0.294 e. The monoisotopic (exact) mass is 256 g/mol. The van der Waals surface area contributed by atoms with Crippen molar-refractivity contribution < 1.29 is 14.4 Å². The summed E-state index contributed by atoms with van der Waals surface area (Å²) in [5.74, 6) is 5.53. The Kier molecular flexibility index (Phi) is 4.32. The molecule has 0 radical (unpaired) electrons. The summed E-state index contributed by atoms with van der Waals surface area (Å²) in [6.45, 7) is 0.0539. The van der Waals surface area contributed by atoms with Crippen LogP contribution in [0.2, 0.25) is 0 Å². The van der Waals surface area contributed by atoms with E-state index in [1.165, 1.54) is 12.3 Å². The summed E-state index contributed by atoms with van der Waals surface area (Å²) in [7, 11) is 0. The van der Waals surface area contributed by atoms with Crippen LogP contribution in [-0.4, -0.2) is 22.8 Å². The number of hydrogen-bond acceptors (Lipinski definition) is 4. The van der Waals surface area contributed by atoms with Crippen molar-refractivity contribution >= 4 is 11.6 Å². The van der Waals surface area contributed by atoms with Crippen LogP contribution in [0.5, 0.6) is 0 Å². The van der Waals surface area contributed by atoms with Crippen LogP contribution in [-0.2, 0) is 0 Å². The predicted molar refractivity (Wildman–Crippen MR) is 69.5 cm³/mol. The first kappa shape index (κ1) is 12.9. The topological polar surface area (TPSA) is 75.4 Å². The molecule has 5 heteroatoms. The number of benzene rings is 1. The number of nitrogens with one attached hydrogen (secondary N) is 1. The van der Waals surface area contributed by atoms with Gasteiger partial charge in [0, 0.05) is 23.7 Å². The Balaban J connectivity index is 1.99. The smallest absolute Gasteiger partial charge is 0.294 e. The highest BCUT2D eigenvalue weighted by Gasteiger charge is 2.09. The number of nitrogens with zero attached hydrogens (tertiary/aromatic N) is 1. The third-order valence-corrected chi connectivity index (χ3v) is 2.27. The maximum absolute atomic E-state index is 11.7. The molecule has 0 atom stereocenters. The lowest BCUT2D eigenvalue weighted by Gasteiger charge is -2.02. The van der Waals surface area contributed by atoms with E-state index < -0.39 is 0 Å². The molecule has 1 aromatic heterocycles. The fraction of sp³-hybridized carbons (Fsp3) is 0.143. The molecule has 0 aliphatic carbocycles. The van der Waals surface area contributed by atoms with E-state index in [1.54, 1.807) is 24.3 Å². The van der Waals surface area contributed by atoms with Crippen LogP contribution in [0, 0.1) is 11.8 Å². The van der Waals surface area contributed by atoms with Gasteiger partial charge in [0.2, 0.25) is 5.76 Å². The van der Waals surface area contributed by atoms with Gasteiger partial charge in [0.1, 0.15) is 0 Å². The molecule has 0 saturated carbocycles. The zero-order valence-electron chi connectivity index (χ0n) is 10.1. The number of aliphatic hydroxyl groups is 1. The summed E-state index contributed by atoms with van der Waals surface area (Å²) in [5, 5.41) is 14.8. The standard InChI is InChI=1S/C14H12N2O3/c17-10-2-1-3-11-4-6-12(7-5-11)16-14(18)13-8-9-15-19-13/h4-9,17H,2,10H2,(H,16,18). The van der Waals surface area contributed by atoms with Gasteiger partial charge >= 0.3 is 0 Å². The molecule has 0 spiro atoms. The van der Waals surface area contributed by atoms with Crippen molar-refractivity contribution in [1.82, 2.24) is 5.16 Å². The quantitative estimate of drug-likeness (QED) is 0.819. The lowest BCUT2D eigenvalue weighted by Crippen LogP contribution is -2.10. The molecule has 2 N–H and O–H groups in total. The second-order valence-corrected chi connectivity index (χ2v) is 3.68.